The first kappa shape index (κ1) is 11.9. The molecule has 0 radical (unpaired) electrons. The predicted molar refractivity (Wildman–Crippen MR) is 73.4 cm³/mol. The van der Waals surface area contributed by atoms with Gasteiger partial charge in [-0.15, -0.1) is 0 Å². The van der Waals surface area contributed by atoms with Gasteiger partial charge < -0.3 is 4.74 Å². The molecule has 0 fully saturated rings. The summed E-state index contributed by atoms with van der Waals surface area (Å²) in [5.41, 5.74) is 1.03. The average Bonchev–Trinajstić information content (AvgIpc) is 2.46. The van der Waals surface area contributed by atoms with E-state index in [4.69, 9.17) is 11.6 Å². The van der Waals surface area contributed by atoms with Crippen LogP contribution in [0.25, 0.3) is 21.7 Å². The van der Waals surface area contributed by atoms with E-state index in [1.165, 1.54) is 7.11 Å². The Balaban J connectivity index is 2.42. The number of hydrogen-bond donors (Lipinski definition) is 0. The van der Waals surface area contributed by atoms with E-state index in [1.807, 2.05) is 24.3 Å². The molecule has 2 heterocycles. The molecule has 0 atom stereocenters. The molecule has 0 unspecified atom stereocenters. The molecule has 0 aliphatic rings. The number of carbonyl (C=O) groups is 1. The van der Waals surface area contributed by atoms with E-state index >= 15 is 0 Å². The van der Waals surface area contributed by atoms with Crippen LogP contribution in [0.1, 0.15) is 10.5 Å². The maximum atomic E-state index is 11.5. The largest absolute Gasteiger partial charge is 0.464 e. The molecule has 0 saturated carbocycles. The molecule has 0 spiro atoms. The predicted octanol–water partition coefficient (Wildman–Crippen LogP) is 3.22. The van der Waals surface area contributed by atoms with Crippen LogP contribution in [0.4, 0.5) is 0 Å². The normalized spacial score (nSPS) is 10.8. The number of para-hydroxylation sites is 1. The zero-order valence-electron chi connectivity index (χ0n) is 10.1. The summed E-state index contributed by atoms with van der Waals surface area (Å²) in [6.45, 7) is 0. The van der Waals surface area contributed by atoms with Crippen LogP contribution in [0.15, 0.2) is 36.5 Å². The van der Waals surface area contributed by atoms with Crippen LogP contribution in [-0.4, -0.2) is 23.0 Å². The molecule has 0 N–H and O–H groups in total. The summed E-state index contributed by atoms with van der Waals surface area (Å²) in [6.07, 6.45) is 1.54. The molecule has 0 amide bonds. The second-order valence-electron chi connectivity index (χ2n) is 4.03. The number of rotatable bonds is 1. The third-order valence-corrected chi connectivity index (χ3v) is 3.22. The lowest BCUT2D eigenvalue weighted by Crippen LogP contribution is -2.03. The smallest absolute Gasteiger partial charge is 0.356 e. The van der Waals surface area contributed by atoms with Crippen molar-refractivity contribution in [2.75, 3.05) is 7.11 Å². The fraction of sp³-hybridized carbons (Fsp3) is 0.0714. The maximum absolute atomic E-state index is 11.5. The Bertz CT molecular complexity index is 802. The Morgan fingerprint density at radius 1 is 1.21 bits per heavy atom. The molecule has 0 bridgehead atoms. The second kappa shape index (κ2) is 4.48. The van der Waals surface area contributed by atoms with Crippen LogP contribution in [0.5, 0.6) is 0 Å². The van der Waals surface area contributed by atoms with E-state index in [-0.39, 0.29) is 5.69 Å². The second-order valence-corrected chi connectivity index (χ2v) is 4.38. The van der Waals surface area contributed by atoms with Crippen LogP contribution in [0, 0.1) is 0 Å². The highest BCUT2D eigenvalue weighted by atomic mass is 35.5. The Kier molecular flexibility index (Phi) is 2.80. The zero-order valence-corrected chi connectivity index (χ0v) is 10.8. The lowest BCUT2D eigenvalue weighted by molar-refractivity contribution is 0.0594. The van der Waals surface area contributed by atoms with Crippen LogP contribution in [-0.2, 0) is 4.74 Å². The van der Waals surface area contributed by atoms with E-state index in [0.717, 1.165) is 16.3 Å². The minimum Gasteiger partial charge on any atom is -0.464 e. The van der Waals surface area contributed by atoms with E-state index in [0.29, 0.717) is 10.5 Å². The van der Waals surface area contributed by atoms with Gasteiger partial charge in [0.2, 0.25) is 0 Å². The van der Waals surface area contributed by atoms with Crippen LogP contribution < -0.4 is 0 Å². The van der Waals surface area contributed by atoms with Crippen LogP contribution in [0.3, 0.4) is 0 Å². The molecule has 19 heavy (non-hydrogen) atoms. The molecule has 3 aromatic rings. The summed E-state index contributed by atoms with van der Waals surface area (Å²) in [4.78, 5) is 19.9. The van der Waals surface area contributed by atoms with Crippen molar-refractivity contribution in [2.24, 2.45) is 0 Å². The summed E-state index contributed by atoms with van der Waals surface area (Å²) in [6, 6.07) is 9.29. The van der Waals surface area contributed by atoms with E-state index in [9.17, 15) is 4.79 Å². The fourth-order valence-electron chi connectivity index (χ4n) is 2.02. The van der Waals surface area contributed by atoms with Crippen molar-refractivity contribution in [3.63, 3.8) is 0 Å². The van der Waals surface area contributed by atoms with Gasteiger partial charge in [-0.25, -0.2) is 14.8 Å². The Morgan fingerprint density at radius 3 is 2.79 bits per heavy atom. The van der Waals surface area contributed by atoms with Gasteiger partial charge in [-0.05, 0) is 17.5 Å². The first-order chi connectivity index (χ1) is 9.20. The summed E-state index contributed by atoms with van der Waals surface area (Å²) >= 11 is 6.13. The van der Waals surface area contributed by atoms with Gasteiger partial charge in [-0.1, -0.05) is 29.8 Å². The molecule has 5 heteroatoms. The van der Waals surface area contributed by atoms with Crippen LogP contribution >= 0.6 is 11.6 Å². The Labute approximate surface area is 114 Å². The number of aromatic nitrogens is 2. The highest BCUT2D eigenvalue weighted by molar-refractivity contribution is 6.35. The van der Waals surface area contributed by atoms with Gasteiger partial charge in [0, 0.05) is 17.0 Å². The van der Waals surface area contributed by atoms with Gasteiger partial charge in [0.15, 0.2) is 0 Å². The molecule has 0 aliphatic heterocycles. The quantitative estimate of drug-likeness (QED) is 0.388. The zero-order chi connectivity index (χ0) is 13.4. The number of nitrogens with zero attached hydrogens (tertiary/aromatic N) is 2. The number of ether oxygens (including phenoxy) is 1. The minimum atomic E-state index is -0.473. The summed E-state index contributed by atoms with van der Waals surface area (Å²) in [7, 11) is 1.33. The fourth-order valence-corrected chi connectivity index (χ4v) is 2.27. The van der Waals surface area contributed by atoms with Gasteiger partial charge in [-0.2, -0.15) is 0 Å². The lowest BCUT2D eigenvalue weighted by atomic mass is 10.1. The topological polar surface area (TPSA) is 52.1 Å². The van der Waals surface area contributed by atoms with Crippen molar-refractivity contribution in [1.82, 2.24) is 9.97 Å². The van der Waals surface area contributed by atoms with Gasteiger partial charge in [0.25, 0.3) is 0 Å². The van der Waals surface area contributed by atoms with Crippen molar-refractivity contribution < 1.29 is 9.53 Å². The number of fused-ring (bicyclic) bond motifs is 3. The molecular formula is C14H9ClN2O2. The average molecular weight is 273 g/mol. The first-order valence-electron chi connectivity index (χ1n) is 5.63. The molecular weight excluding hydrogens is 264 g/mol. The molecule has 2 aromatic heterocycles. The van der Waals surface area contributed by atoms with E-state index in [1.54, 1.807) is 12.3 Å². The highest BCUT2D eigenvalue weighted by Crippen LogP contribution is 2.28. The Morgan fingerprint density at radius 2 is 2.00 bits per heavy atom. The SMILES string of the molecule is COC(=O)c1cc2c(cn1)c(Cl)nc1ccccc12. The number of hydrogen-bond acceptors (Lipinski definition) is 4. The van der Waals surface area contributed by atoms with Crippen LogP contribution in [0.2, 0.25) is 5.15 Å². The summed E-state index contributed by atoms with van der Waals surface area (Å²) in [5.74, 6) is -0.473. The molecule has 0 saturated heterocycles. The van der Waals surface area contributed by atoms with Crippen molar-refractivity contribution >= 4 is 39.2 Å². The molecule has 94 valence electrons. The van der Waals surface area contributed by atoms with Gasteiger partial charge in [0.1, 0.15) is 10.8 Å². The van der Waals surface area contributed by atoms with Gasteiger partial charge in [-0.3, -0.25) is 0 Å². The molecule has 0 aliphatic carbocycles. The number of carbonyl (C=O) groups excluding carboxylic acids is 1. The van der Waals surface area contributed by atoms with Crippen molar-refractivity contribution in [2.45, 2.75) is 0 Å². The number of benzene rings is 1. The molecule has 4 nitrogen and oxygen atoms in total. The number of esters is 1. The standard InChI is InChI=1S/C14H9ClN2O2/c1-19-14(18)12-6-9-8-4-2-3-5-11(8)17-13(15)10(9)7-16-12/h2-7H,1H3. The minimum absolute atomic E-state index is 0.252. The highest BCUT2D eigenvalue weighted by Gasteiger charge is 2.12. The van der Waals surface area contributed by atoms with Gasteiger partial charge >= 0.3 is 5.97 Å². The van der Waals surface area contributed by atoms with E-state index < -0.39 is 5.97 Å². The third kappa shape index (κ3) is 1.90. The lowest BCUT2D eigenvalue weighted by Gasteiger charge is -2.06. The van der Waals surface area contributed by atoms with Crippen molar-refractivity contribution in [1.29, 1.82) is 0 Å². The van der Waals surface area contributed by atoms with Crippen molar-refractivity contribution in [3.8, 4) is 0 Å². The molecule has 1 aromatic carbocycles. The monoisotopic (exact) mass is 272 g/mol. The Hall–Kier alpha value is -2.20. The van der Waals surface area contributed by atoms with E-state index in [2.05, 4.69) is 14.7 Å². The summed E-state index contributed by atoms with van der Waals surface area (Å²) < 4.78 is 4.68. The van der Waals surface area contributed by atoms with Gasteiger partial charge in [0.05, 0.1) is 12.6 Å². The number of methoxy groups -OCH3 is 1. The maximum Gasteiger partial charge on any atom is 0.356 e. The third-order valence-electron chi connectivity index (χ3n) is 2.93. The number of halogens is 1. The first-order valence-corrected chi connectivity index (χ1v) is 6.01. The van der Waals surface area contributed by atoms with Crippen molar-refractivity contribution in [3.05, 3.63) is 47.4 Å². The summed E-state index contributed by atoms with van der Waals surface area (Å²) in [5, 5.41) is 2.85. The number of pyridine rings is 2. The molecule has 3 rings (SSSR count).